The molecule has 13 heteroatoms. The normalized spacial score (nSPS) is 19.0. The van der Waals surface area contributed by atoms with E-state index in [1.807, 2.05) is 6.07 Å². The van der Waals surface area contributed by atoms with E-state index in [0.717, 1.165) is 20.9 Å². The zero-order chi connectivity index (χ0) is 25.6. The minimum Gasteiger partial charge on any atom is -0.480 e. The van der Waals surface area contributed by atoms with Crippen LogP contribution in [0.15, 0.2) is 53.8 Å². The second kappa shape index (κ2) is 9.25. The fraction of sp³-hybridized carbons (Fsp3) is 0.250. The molecule has 1 saturated heterocycles. The van der Waals surface area contributed by atoms with Crippen LogP contribution in [0.1, 0.15) is 10.4 Å². The van der Waals surface area contributed by atoms with Gasteiger partial charge in [-0.15, -0.1) is 11.3 Å². The number of carbonyl (C=O) groups is 1. The van der Waals surface area contributed by atoms with Crippen molar-refractivity contribution in [3.05, 3.63) is 54.5 Å². The van der Waals surface area contributed by atoms with Gasteiger partial charge in [0.2, 0.25) is 5.88 Å². The predicted octanol–water partition coefficient (Wildman–Crippen LogP) is 2.51. The van der Waals surface area contributed by atoms with Crippen LogP contribution in [0.2, 0.25) is 0 Å². The number of sulfonamides is 1. The second-order valence-corrected chi connectivity index (χ2v) is 11.3. The Morgan fingerprint density at radius 1 is 1.16 bits per heavy atom. The van der Waals surface area contributed by atoms with Gasteiger partial charge in [-0.05, 0) is 30.3 Å². The van der Waals surface area contributed by atoms with Crippen molar-refractivity contribution < 1.29 is 22.7 Å². The lowest BCUT2D eigenvalue weighted by Crippen LogP contribution is -2.48. The van der Waals surface area contributed by atoms with E-state index in [1.54, 1.807) is 18.3 Å². The Morgan fingerprint density at radius 2 is 2.05 bits per heavy atom. The first kappa shape index (κ1) is 23.6. The molecule has 3 aromatic heterocycles. The number of fused-ring (bicyclic) bond motifs is 9. The number of benzene rings is 1. The number of methoxy groups -OCH3 is 1. The molecule has 1 fully saturated rings. The fourth-order valence-corrected chi connectivity index (χ4v) is 6.59. The SMILES string of the molecule is COc1ncc2cc1NS(=O)(=O)c1cccc(c1)C(=O)NCC1CN(CCO1)c1ncnc3cc-2sc13. The zero-order valence-electron chi connectivity index (χ0n) is 19.7. The number of nitrogens with zero attached hydrogens (tertiary/aromatic N) is 4. The van der Waals surface area contributed by atoms with Gasteiger partial charge in [0.1, 0.15) is 17.8 Å². The summed E-state index contributed by atoms with van der Waals surface area (Å²) in [7, 11) is -2.64. The molecule has 2 aliphatic heterocycles. The van der Waals surface area contributed by atoms with Crippen LogP contribution in [0.3, 0.4) is 0 Å². The number of carbonyl (C=O) groups excluding carboxylic acids is 1. The van der Waals surface area contributed by atoms with Crippen LogP contribution in [-0.2, 0) is 14.8 Å². The number of morpholine rings is 1. The first-order chi connectivity index (χ1) is 17.9. The van der Waals surface area contributed by atoms with Gasteiger partial charge < -0.3 is 19.7 Å². The monoisotopic (exact) mass is 538 g/mol. The van der Waals surface area contributed by atoms with Crippen molar-refractivity contribution >= 4 is 49.0 Å². The topological polar surface area (TPSA) is 136 Å². The van der Waals surface area contributed by atoms with Gasteiger partial charge in [0.05, 0.1) is 34.9 Å². The molecule has 11 nitrogen and oxygen atoms in total. The van der Waals surface area contributed by atoms with Crippen molar-refractivity contribution in [1.82, 2.24) is 20.3 Å². The number of thiophene rings is 1. The molecular formula is C24H22N6O5S2. The molecule has 0 radical (unpaired) electrons. The molecule has 1 unspecified atom stereocenters. The maximum atomic E-state index is 13.3. The molecule has 0 spiro atoms. The van der Waals surface area contributed by atoms with Crippen LogP contribution in [0, 0.1) is 0 Å². The average Bonchev–Trinajstić information content (AvgIpc) is 3.36. The van der Waals surface area contributed by atoms with Crippen LogP contribution in [0.5, 0.6) is 5.88 Å². The van der Waals surface area contributed by atoms with Crippen LogP contribution in [-0.4, -0.2) is 68.7 Å². The molecule has 0 saturated carbocycles. The first-order valence-electron chi connectivity index (χ1n) is 11.5. The van der Waals surface area contributed by atoms with E-state index in [2.05, 4.69) is 29.9 Å². The molecule has 190 valence electrons. The quantitative estimate of drug-likeness (QED) is 0.375. The lowest BCUT2D eigenvalue weighted by atomic mass is 10.2. The van der Waals surface area contributed by atoms with Crippen LogP contribution >= 0.6 is 11.3 Å². The number of ether oxygens (including phenoxy) is 2. The third kappa shape index (κ3) is 4.45. The van der Waals surface area contributed by atoms with Gasteiger partial charge in [-0.3, -0.25) is 9.52 Å². The van der Waals surface area contributed by atoms with E-state index in [0.29, 0.717) is 25.3 Å². The van der Waals surface area contributed by atoms with E-state index in [-0.39, 0.29) is 34.7 Å². The summed E-state index contributed by atoms with van der Waals surface area (Å²) in [5, 5.41) is 2.86. The van der Waals surface area contributed by atoms with Gasteiger partial charge in [0, 0.05) is 41.8 Å². The van der Waals surface area contributed by atoms with Gasteiger partial charge in [0.25, 0.3) is 15.9 Å². The van der Waals surface area contributed by atoms with E-state index in [1.165, 1.54) is 43.0 Å². The minimum absolute atomic E-state index is 0.0596. The Kier molecular flexibility index (Phi) is 5.89. The second-order valence-electron chi connectivity index (χ2n) is 8.59. The highest BCUT2D eigenvalue weighted by Gasteiger charge is 2.26. The minimum atomic E-state index is -4.06. The smallest absolute Gasteiger partial charge is 0.262 e. The number of pyridine rings is 1. The van der Waals surface area contributed by atoms with Crippen LogP contribution in [0.4, 0.5) is 11.5 Å². The van der Waals surface area contributed by atoms with E-state index >= 15 is 0 Å². The molecule has 4 aromatic rings. The number of amides is 1. The molecule has 2 N–H and O–H groups in total. The third-order valence-corrected chi connectivity index (χ3v) is 8.73. The Labute approximate surface area is 216 Å². The summed E-state index contributed by atoms with van der Waals surface area (Å²) in [4.78, 5) is 29.1. The number of nitrogens with one attached hydrogen (secondary N) is 2. The maximum Gasteiger partial charge on any atom is 0.262 e. The molecule has 37 heavy (non-hydrogen) atoms. The maximum absolute atomic E-state index is 13.3. The van der Waals surface area contributed by atoms with Crippen LogP contribution in [0.25, 0.3) is 20.7 Å². The van der Waals surface area contributed by atoms with Crippen molar-refractivity contribution in [3.8, 4) is 16.3 Å². The number of rotatable bonds is 1. The highest BCUT2D eigenvalue weighted by atomic mass is 32.2. The van der Waals surface area contributed by atoms with E-state index in [9.17, 15) is 13.2 Å². The zero-order valence-corrected chi connectivity index (χ0v) is 21.3. The standard InChI is InChI=1S/C24H22N6O5S2/c1-34-24-19-8-15(10-26-24)20-9-18-21(36-20)22(28-13-27-18)30-5-6-35-16(12-30)11-25-23(31)14-3-2-4-17(7-14)37(32,33)29-19/h2-4,7-10,13,16,29H,5-6,11-12H2,1H3,(H,25,31). The molecule has 2 aliphatic rings. The van der Waals surface area contributed by atoms with E-state index < -0.39 is 15.9 Å². The molecule has 0 aliphatic carbocycles. The Balaban J connectivity index is 1.51. The first-order valence-corrected chi connectivity index (χ1v) is 13.8. The van der Waals surface area contributed by atoms with Crippen molar-refractivity contribution in [2.75, 3.05) is 43.0 Å². The largest absolute Gasteiger partial charge is 0.480 e. The predicted molar refractivity (Wildman–Crippen MR) is 139 cm³/mol. The number of anilines is 2. The molecule has 8 bridgehead atoms. The van der Waals surface area contributed by atoms with E-state index in [4.69, 9.17) is 9.47 Å². The Hall–Kier alpha value is -3.81. The van der Waals surface area contributed by atoms with Gasteiger partial charge in [0.15, 0.2) is 0 Å². The summed E-state index contributed by atoms with van der Waals surface area (Å²) in [6.45, 7) is 1.94. The summed E-state index contributed by atoms with van der Waals surface area (Å²) in [5.74, 6) is 0.515. The summed E-state index contributed by atoms with van der Waals surface area (Å²) in [6.07, 6.45) is 2.90. The summed E-state index contributed by atoms with van der Waals surface area (Å²) < 4.78 is 41.2. The number of hydrogen-bond donors (Lipinski definition) is 2. The van der Waals surface area contributed by atoms with Crippen molar-refractivity contribution in [2.45, 2.75) is 11.0 Å². The van der Waals surface area contributed by atoms with Gasteiger partial charge in [-0.2, -0.15) is 0 Å². The highest BCUT2D eigenvalue weighted by Crippen LogP contribution is 2.39. The lowest BCUT2D eigenvalue weighted by Gasteiger charge is -2.33. The lowest BCUT2D eigenvalue weighted by molar-refractivity contribution is 0.0395. The van der Waals surface area contributed by atoms with Crippen molar-refractivity contribution in [1.29, 1.82) is 0 Å². The van der Waals surface area contributed by atoms with Gasteiger partial charge >= 0.3 is 0 Å². The average molecular weight is 539 g/mol. The number of hydrogen-bond acceptors (Lipinski definition) is 10. The van der Waals surface area contributed by atoms with Gasteiger partial charge in [-0.25, -0.2) is 23.4 Å². The van der Waals surface area contributed by atoms with Crippen molar-refractivity contribution in [3.63, 3.8) is 0 Å². The molecule has 1 aromatic carbocycles. The Morgan fingerprint density at radius 3 is 2.92 bits per heavy atom. The summed E-state index contributed by atoms with van der Waals surface area (Å²) >= 11 is 1.50. The van der Waals surface area contributed by atoms with Crippen LogP contribution < -0.4 is 19.7 Å². The summed E-state index contributed by atoms with van der Waals surface area (Å²) in [6, 6.07) is 9.46. The molecule has 6 rings (SSSR count). The molecule has 1 atom stereocenters. The molecular weight excluding hydrogens is 516 g/mol. The highest BCUT2D eigenvalue weighted by molar-refractivity contribution is 7.92. The third-order valence-electron chi connectivity index (χ3n) is 6.20. The molecule has 1 amide bonds. The summed E-state index contributed by atoms with van der Waals surface area (Å²) in [5.41, 5.74) is 1.86. The Bertz CT molecular complexity index is 1620. The molecule has 5 heterocycles. The van der Waals surface area contributed by atoms with Crippen molar-refractivity contribution in [2.24, 2.45) is 0 Å². The fourth-order valence-electron chi connectivity index (χ4n) is 4.38. The number of aromatic nitrogens is 3. The van der Waals surface area contributed by atoms with Gasteiger partial charge in [-0.1, -0.05) is 6.07 Å².